The third kappa shape index (κ3) is 13.9. The van der Waals surface area contributed by atoms with Crippen molar-refractivity contribution in [3.63, 3.8) is 0 Å². The molecule has 0 aliphatic rings. The molecule has 0 fully saturated rings. The molecule has 2 nitrogen and oxygen atoms in total. The molecule has 0 rings (SSSR count). The van der Waals surface area contributed by atoms with Gasteiger partial charge in [-0.3, -0.25) is 0 Å². The van der Waals surface area contributed by atoms with Gasteiger partial charge in [0.25, 0.3) is 0 Å². The Kier molecular flexibility index (Phi) is 14.8. The van der Waals surface area contributed by atoms with Gasteiger partial charge in [0.05, 0.1) is 0 Å². The summed E-state index contributed by atoms with van der Waals surface area (Å²) in [6.07, 6.45) is 10.5. The van der Waals surface area contributed by atoms with Crippen LogP contribution in [0.5, 0.6) is 0 Å². The van der Waals surface area contributed by atoms with Gasteiger partial charge in [-0.25, -0.2) is 0 Å². The first-order valence-electron chi connectivity index (χ1n) is 7.20. The SMILES string of the molecule is CCCCCCCOCCCCCNCC. The maximum atomic E-state index is 5.60. The van der Waals surface area contributed by atoms with Crippen molar-refractivity contribution in [3.8, 4) is 0 Å². The largest absolute Gasteiger partial charge is 0.381 e. The summed E-state index contributed by atoms with van der Waals surface area (Å²) in [5.74, 6) is 0. The van der Waals surface area contributed by atoms with Crippen molar-refractivity contribution in [2.75, 3.05) is 26.3 Å². The molecule has 0 aromatic rings. The van der Waals surface area contributed by atoms with E-state index in [1.54, 1.807) is 0 Å². The van der Waals surface area contributed by atoms with Crippen LogP contribution in [0.3, 0.4) is 0 Å². The highest BCUT2D eigenvalue weighted by Crippen LogP contribution is 2.03. The fourth-order valence-corrected chi connectivity index (χ4v) is 1.72. The molecule has 16 heavy (non-hydrogen) atoms. The van der Waals surface area contributed by atoms with Crippen LogP contribution in [0.2, 0.25) is 0 Å². The van der Waals surface area contributed by atoms with Crippen LogP contribution in [0.15, 0.2) is 0 Å². The lowest BCUT2D eigenvalue weighted by molar-refractivity contribution is 0.126. The molecular weight excluding hydrogens is 198 g/mol. The van der Waals surface area contributed by atoms with Gasteiger partial charge < -0.3 is 10.1 Å². The van der Waals surface area contributed by atoms with E-state index in [9.17, 15) is 0 Å². The van der Waals surface area contributed by atoms with Crippen molar-refractivity contribution >= 4 is 0 Å². The van der Waals surface area contributed by atoms with Crippen LogP contribution in [0.25, 0.3) is 0 Å². The average Bonchev–Trinajstić information content (AvgIpc) is 2.31. The standard InChI is InChI=1S/C14H31NO/c1-3-5-6-7-10-13-16-14-11-8-9-12-15-4-2/h15H,3-14H2,1-2H3. The Morgan fingerprint density at radius 1 is 0.750 bits per heavy atom. The van der Waals surface area contributed by atoms with E-state index < -0.39 is 0 Å². The van der Waals surface area contributed by atoms with Crippen molar-refractivity contribution < 1.29 is 4.74 Å². The zero-order valence-corrected chi connectivity index (χ0v) is 11.4. The van der Waals surface area contributed by atoms with E-state index in [1.165, 1.54) is 51.4 Å². The highest BCUT2D eigenvalue weighted by Gasteiger charge is 1.92. The van der Waals surface area contributed by atoms with Crippen LogP contribution in [-0.4, -0.2) is 26.3 Å². The Bertz CT molecular complexity index is 103. The molecule has 0 aromatic carbocycles. The summed E-state index contributed by atoms with van der Waals surface area (Å²) in [5.41, 5.74) is 0. The van der Waals surface area contributed by atoms with Crippen molar-refractivity contribution in [1.82, 2.24) is 5.32 Å². The van der Waals surface area contributed by atoms with Crippen LogP contribution in [0.1, 0.15) is 65.2 Å². The highest BCUT2D eigenvalue weighted by molar-refractivity contribution is 4.46. The van der Waals surface area contributed by atoms with Gasteiger partial charge in [0.2, 0.25) is 0 Å². The first-order chi connectivity index (χ1) is 7.91. The quantitative estimate of drug-likeness (QED) is 0.486. The topological polar surface area (TPSA) is 21.3 Å². The Hall–Kier alpha value is -0.0800. The second-order valence-electron chi connectivity index (χ2n) is 4.44. The number of rotatable bonds is 13. The lowest BCUT2D eigenvalue weighted by Crippen LogP contribution is -2.13. The van der Waals surface area contributed by atoms with Gasteiger partial charge in [0.15, 0.2) is 0 Å². The predicted octanol–water partition coefficient (Wildman–Crippen LogP) is 3.75. The van der Waals surface area contributed by atoms with Crippen LogP contribution < -0.4 is 5.32 Å². The van der Waals surface area contributed by atoms with Gasteiger partial charge >= 0.3 is 0 Å². The smallest absolute Gasteiger partial charge is 0.0466 e. The monoisotopic (exact) mass is 229 g/mol. The fraction of sp³-hybridized carbons (Fsp3) is 1.00. The molecule has 0 bridgehead atoms. The number of hydrogen-bond donors (Lipinski definition) is 1. The Labute approximate surface area is 102 Å². The molecular formula is C14H31NO. The van der Waals surface area contributed by atoms with Gasteiger partial charge in [0.1, 0.15) is 0 Å². The van der Waals surface area contributed by atoms with E-state index >= 15 is 0 Å². The van der Waals surface area contributed by atoms with Crippen LogP contribution in [-0.2, 0) is 4.74 Å². The molecule has 1 N–H and O–H groups in total. The minimum atomic E-state index is 0.958. The fourth-order valence-electron chi connectivity index (χ4n) is 1.72. The number of unbranched alkanes of at least 4 members (excludes halogenated alkanes) is 6. The molecule has 0 heterocycles. The second kappa shape index (κ2) is 14.9. The first kappa shape index (κ1) is 15.9. The van der Waals surface area contributed by atoms with Crippen LogP contribution >= 0.6 is 0 Å². The first-order valence-corrected chi connectivity index (χ1v) is 7.20. The lowest BCUT2D eigenvalue weighted by Gasteiger charge is -2.04. The van der Waals surface area contributed by atoms with Crippen LogP contribution in [0.4, 0.5) is 0 Å². The molecule has 0 saturated heterocycles. The van der Waals surface area contributed by atoms with E-state index in [2.05, 4.69) is 19.2 Å². The normalized spacial score (nSPS) is 10.9. The van der Waals surface area contributed by atoms with Gasteiger partial charge in [0, 0.05) is 13.2 Å². The van der Waals surface area contributed by atoms with E-state index in [0.717, 1.165) is 26.3 Å². The van der Waals surface area contributed by atoms with Crippen molar-refractivity contribution in [2.24, 2.45) is 0 Å². The van der Waals surface area contributed by atoms with E-state index in [0.29, 0.717) is 0 Å². The Morgan fingerprint density at radius 2 is 1.38 bits per heavy atom. The van der Waals surface area contributed by atoms with Gasteiger partial charge in [-0.05, 0) is 38.8 Å². The zero-order valence-electron chi connectivity index (χ0n) is 11.4. The van der Waals surface area contributed by atoms with E-state index in [1.807, 2.05) is 0 Å². The average molecular weight is 229 g/mol. The van der Waals surface area contributed by atoms with Crippen molar-refractivity contribution in [1.29, 1.82) is 0 Å². The third-order valence-electron chi connectivity index (χ3n) is 2.78. The number of nitrogens with one attached hydrogen (secondary N) is 1. The van der Waals surface area contributed by atoms with Gasteiger partial charge in [-0.1, -0.05) is 39.5 Å². The third-order valence-corrected chi connectivity index (χ3v) is 2.78. The lowest BCUT2D eigenvalue weighted by atomic mass is 10.2. The maximum Gasteiger partial charge on any atom is 0.0466 e. The molecule has 0 saturated carbocycles. The van der Waals surface area contributed by atoms with Crippen molar-refractivity contribution in [3.05, 3.63) is 0 Å². The minimum absolute atomic E-state index is 0.958. The molecule has 0 atom stereocenters. The highest BCUT2D eigenvalue weighted by atomic mass is 16.5. The molecule has 0 aromatic heterocycles. The summed E-state index contributed by atoms with van der Waals surface area (Å²) in [5, 5.41) is 3.34. The minimum Gasteiger partial charge on any atom is -0.381 e. The van der Waals surface area contributed by atoms with Crippen LogP contribution in [0, 0.1) is 0 Å². The van der Waals surface area contributed by atoms with Gasteiger partial charge in [-0.2, -0.15) is 0 Å². The molecule has 0 aliphatic heterocycles. The summed E-state index contributed by atoms with van der Waals surface area (Å²) in [7, 11) is 0. The van der Waals surface area contributed by atoms with Gasteiger partial charge in [-0.15, -0.1) is 0 Å². The van der Waals surface area contributed by atoms with E-state index in [4.69, 9.17) is 4.74 Å². The number of hydrogen-bond acceptors (Lipinski definition) is 2. The zero-order chi connectivity index (χ0) is 11.9. The molecule has 2 heteroatoms. The maximum absolute atomic E-state index is 5.60. The summed E-state index contributed by atoms with van der Waals surface area (Å²) in [4.78, 5) is 0. The summed E-state index contributed by atoms with van der Waals surface area (Å²) in [6.45, 7) is 8.59. The second-order valence-corrected chi connectivity index (χ2v) is 4.44. The summed E-state index contributed by atoms with van der Waals surface area (Å²) >= 11 is 0. The Morgan fingerprint density at radius 3 is 2.00 bits per heavy atom. The van der Waals surface area contributed by atoms with E-state index in [-0.39, 0.29) is 0 Å². The number of ether oxygens (including phenoxy) is 1. The molecule has 0 spiro atoms. The molecule has 0 amide bonds. The summed E-state index contributed by atoms with van der Waals surface area (Å²) < 4.78 is 5.60. The molecule has 0 unspecified atom stereocenters. The summed E-state index contributed by atoms with van der Waals surface area (Å²) in [6, 6.07) is 0. The predicted molar refractivity (Wildman–Crippen MR) is 72.0 cm³/mol. The molecule has 0 radical (unpaired) electrons. The molecule has 98 valence electrons. The Balaban J connectivity index is 2.83. The van der Waals surface area contributed by atoms with Crippen molar-refractivity contribution in [2.45, 2.75) is 65.2 Å². The molecule has 0 aliphatic carbocycles.